The summed E-state index contributed by atoms with van der Waals surface area (Å²) in [6.07, 6.45) is -2.33. The molecule has 0 fully saturated rings. The molecule has 0 saturated heterocycles. The molecule has 0 aromatic carbocycles. The highest BCUT2D eigenvalue weighted by atomic mass is 32.2. The number of halogens is 3. The van der Waals surface area contributed by atoms with Crippen LogP contribution < -0.4 is 4.74 Å². The number of ether oxygens (including phenoxy) is 1. The van der Waals surface area contributed by atoms with Crippen LogP contribution in [0.15, 0.2) is 24.5 Å². The quantitative estimate of drug-likeness (QED) is 0.825. The van der Waals surface area contributed by atoms with E-state index in [1.165, 1.54) is 32.5 Å². The first kappa shape index (κ1) is 17.3. The molecule has 0 saturated carbocycles. The fourth-order valence-electron chi connectivity index (χ4n) is 2.04. The van der Waals surface area contributed by atoms with E-state index in [-0.39, 0.29) is 5.56 Å². The number of pyridine rings is 1. The van der Waals surface area contributed by atoms with E-state index < -0.39 is 33.2 Å². The van der Waals surface area contributed by atoms with Crippen LogP contribution in [0.25, 0.3) is 0 Å². The van der Waals surface area contributed by atoms with Crippen LogP contribution in [0, 0.1) is 0 Å². The van der Waals surface area contributed by atoms with Crippen LogP contribution >= 0.6 is 0 Å². The number of alkyl halides is 3. The highest BCUT2D eigenvalue weighted by molar-refractivity contribution is 7.89. The highest BCUT2D eigenvalue weighted by Gasteiger charge is 2.37. The van der Waals surface area contributed by atoms with Gasteiger partial charge in [0.15, 0.2) is 15.5 Å². The van der Waals surface area contributed by atoms with Crippen LogP contribution in [0.4, 0.5) is 13.2 Å². The van der Waals surface area contributed by atoms with Gasteiger partial charge in [0, 0.05) is 31.1 Å². The molecule has 2 aromatic heterocycles. The highest BCUT2D eigenvalue weighted by Crippen LogP contribution is 2.31. The lowest BCUT2D eigenvalue weighted by atomic mass is 10.3. The van der Waals surface area contributed by atoms with E-state index in [9.17, 15) is 21.6 Å². The molecule has 2 heterocycles. The average Bonchev–Trinajstić information content (AvgIpc) is 2.79. The Morgan fingerprint density at radius 1 is 1.26 bits per heavy atom. The first-order chi connectivity index (χ1) is 10.6. The number of methoxy groups -OCH3 is 1. The summed E-state index contributed by atoms with van der Waals surface area (Å²) in [6, 6.07) is 2.98. The lowest BCUT2D eigenvalue weighted by Gasteiger charge is -2.07. The molecule has 10 heteroatoms. The molecule has 0 N–H and O–H groups in total. The molecule has 0 unspecified atom stereocenters. The zero-order chi connectivity index (χ0) is 17.3. The molecule has 2 aromatic rings. The lowest BCUT2D eigenvalue weighted by Crippen LogP contribution is -2.13. The SMILES string of the molecule is COc1ccc(CS(=O)(=O)Cc2cn(C)nc2C(F)(F)F)cn1. The van der Waals surface area contributed by atoms with E-state index in [4.69, 9.17) is 4.74 Å². The van der Waals surface area contributed by atoms with Gasteiger partial charge < -0.3 is 4.74 Å². The summed E-state index contributed by atoms with van der Waals surface area (Å²) < 4.78 is 68.7. The van der Waals surface area contributed by atoms with Gasteiger partial charge in [-0.25, -0.2) is 13.4 Å². The lowest BCUT2D eigenvalue weighted by molar-refractivity contribution is -0.141. The molecule has 23 heavy (non-hydrogen) atoms. The number of rotatable bonds is 5. The molecule has 0 aliphatic heterocycles. The molecule has 126 valence electrons. The van der Waals surface area contributed by atoms with Crippen LogP contribution in [-0.4, -0.2) is 30.3 Å². The fourth-order valence-corrected chi connectivity index (χ4v) is 3.51. The average molecular weight is 349 g/mol. The van der Waals surface area contributed by atoms with E-state index in [1.807, 2.05) is 0 Å². The predicted octanol–water partition coefficient (Wildman–Crippen LogP) is 1.96. The molecule has 0 amide bonds. The Bertz CT molecular complexity index is 783. The summed E-state index contributed by atoms with van der Waals surface area (Å²) in [6.45, 7) is 0. The van der Waals surface area contributed by atoms with E-state index in [2.05, 4.69) is 10.1 Å². The van der Waals surface area contributed by atoms with Gasteiger partial charge in [-0.1, -0.05) is 6.07 Å². The molecule has 0 spiro atoms. The Morgan fingerprint density at radius 3 is 2.48 bits per heavy atom. The number of sulfone groups is 1. The van der Waals surface area contributed by atoms with Crippen molar-refractivity contribution in [2.75, 3.05) is 7.11 Å². The Balaban J connectivity index is 2.21. The van der Waals surface area contributed by atoms with E-state index in [1.54, 1.807) is 0 Å². The molecule has 2 rings (SSSR count). The Labute approximate surface area is 130 Å². The number of aromatic nitrogens is 3. The van der Waals surface area contributed by atoms with Crippen molar-refractivity contribution in [1.29, 1.82) is 0 Å². The van der Waals surface area contributed by atoms with Gasteiger partial charge >= 0.3 is 6.18 Å². The van der Waals surface area contributed by atoms with Crippen LogP contribution in [0.2, 0.25) is 0 Å². The molecule has 0 aliphatic rings. The van der Waals surface area contributed by atoms with Crippen molar-refractivity contribution in [1.82, 2.24) is 14.8 Å². The van der Waals surface area contributed by atoms with Crippen LogP contribution in [0.5, 0.6) is 5.88 Å². The molecular weight excluding hydrogens is 335 g/mol. The second-order valence-corrected chi connectivity index (χ2v) is 6.98. The Morgan fingerprint density at radius 2 is 1.96 bits per heavy atom. The molecule has 6 nitrogen and oxygen atoms in total. The smallest absolute Gasteiger partial charge is 0.435 e. The van der Waals surface area contributed by atoms with Crippen molar-refractivity contribution >= 4 is 9.84 Å². The van der Waals surface area contributed by atoms with Crippen molar-refractivity contribution in [3.8, 4) is 5.88 Å². The van der Waals surface area contributed by atoms with E-state index in [0.29, 0.717) is 11.4 Å². The minimum Gasteiger partial charge on any atom is -0.481 e. The van der Waals surface area contributed by atoms with Gasteiger partial charge in [-0.3, -0.25) is 4.68 Å². The summed E-state index contributed by atoms with van der Waals surface area (Å²) in [7, 11) is -1.09. The summed E-state index contributed by atoms with van der Waals surface area (Å²) in [5.74, 6) is -0.851. The topological polar surface area (TPSA) is 74.1 Å². The number of aryl methyl sites for hydroxylation is 1. The number of hydrogen-bond donors (Lipinski definition) is 0. The third-order valence-corrected chi connectivity index (χ3v) is 4.47. The van der Waals surface area contributed by atoms with Gasteiger partial charge in [0.05, 0.1) is 18.6 Å². The van der Waals surface area contributed by atoms with Crippen LogP contribution in [-0.2, 0) is 34.6 Å². The molecule has 0 atom stereocenters. The van der Waals surface area contributed by atoms with Crippen molar-refractivity contribution in [2.45, 2.75) is 17.7 Å². The minimum atomic E-state index is -4.70. The first-order valence-electron chi connectivity index (χ1n) is 6.40. The Hall–Kier alpha value is -2.10. The molecular formula is C13H14F3N3O3S. The summed E-state index contributed by atoms with van der Waals surface area (Å²) >= 11 is 0. The maximum absolute atomic E-state index is 12.9. The van der Waals surface area contributed by atoms with Gasteiger partial charge in [-0.05, 0) is 5.56 Å². The van der Waals surface area contributed by atoms with Crippen molar-refractivity contribution in [3.05, 3.63) is 41.3 Å². The maximum atomic E-state index is 12.9. The van der Waals surface area contributed by atoms with Gasteiger partial charge in [0.1, 0.15) is 0 Å². The fraction of sp³-hybridized carbons (Fsp3) is 0.385. The molecule has 0 bridgehead atoms. The minimum absolute atomic E-state index is 0.317. The predicted molar refractivity (Wildman–Crippen MR) is 75.3 cm³/mol. The summed E-state index contributed by atoms with van der Waals surface area (Å²) in [4.78, 5) is 3.87. The molecule has 0 radical (unpaired) electrons. The third-order valence-electron chi connectivity index (χ3n) is 2.94. The second kappa shape index (κ2) is 6.19. The third kappa shape index (κ3) is 4.44. The van der Waals surface area contributed by atoms with Crippen molar-refractivity contribution in [3.63, 3.8) is 0 Å². The summed E-state index contributed by atoms with van der Waals surface area (Å²) in [5, 5.41) is 3.29. The monoisotopic (exact) mass is 349 g/mol. The number of hydrogen-bond acceptors (Lipinski definition) is 5. The van der Waals surface area contributed by atoms with Gasteiger partial charge in [-0.15, -0.1) is 0 Å². The maximum Gasteiger partial charge on any atom is 0.435 e. The molecule has 0 aliphatic carbocycles. The normalized spacial score (nSPS) is 12.4. The first-order valence-corrected chi connectivity index (χ1v) is 8.22. The zero-order valence-corrected chi connectivity index (χ0v) is 13.1. The van der Waals surface area contributed by atoms with Crippen molar-refractivity contribution < 1.29 is 26.3 Å². The number of nitrogens with zero attached hydrogens (tertiary/aromatic N) is 3. The second-order valence-electron chi connectivity index (χ2n) is 4.92. The van der Waals surface area contributed by atoms with Gasteiger partial charge in [0.2, 0.25) is 5.88 Å². The largest absolute Gasteiger partial charge is 0.481 e. The van der Waals surface area contributed by atoms with E-state index >= 15 is 0 Å². The van der Waals surface area contributed by atoms with E-state index in [0.717, 1.165) is 10.9 Å². The zero-order valence-electron chi connectivity index (χ0n) is 12.3. The Kier molecular flexibility index (Phi) is 4.64. The van der Waals surface area contributed by atoms with Gasteiger partial charge in [0.25, 0.3) is 0 Å². The standard InChI is InChI=1S/C13H14F3N3O3S/c1-19-6-10(12(18-19)13(14,15)16)8-23(20,21)7-9-3-4-11(22-2)17-5-9/h3-6H,7-8H2,1-2H3. The van der Waals surface area contributed by atoms with Crippen LogP contribution in [0.1, 0.15) is 16.8 Å². The van der Waals surface area contributed by atoms with Crippen LogP contribution in [0.3, 0.4) is 0 Å². The van der Waals surface area contributed by atoms with Gasteiger partial charge in [-0.2, -0.15) is 18.3 Å². The summed E-state index contributed by atoms with van der Waals surface area (Å²) in [5.41, 5.74) is -1.19. The van der Waals surface area contributed by atoms with Crippen molar-refractivity contribution in [2.24, 2.45) is 7.05 Å².